The van der Waals surface area contributed by atoms with Crippen LogP contribution in [0, 0.1) is 5.41 Å². The number of imidazole rings is 1. The summed E-state index contributed by atoms with van der Waals surface area (Å²) in [6.07, 6.45) is 7.19. The Balaban J connectivity index is 1.48. The van der Waals surface area contributed by atoms with E-state index >= 15 is 0 Å². The predicted molar refractivity (Wildman–Crippen MR) is 106 cm³/mol. The molecule has 5 heteroatoms. The summed E-state index contributed by atoms with van der Waals surface area (Å²) in [7, 11) is 2.06. The number of likely N-dealkylation sites (tertiary alicyclic amines) is 2. The number of rotatable bonds is 4. The molecule has 3 heterocycles. The van der Waals surface area contributed by atoms with Gasteiger partial charge in [-0.05, 0) is 50.3 Å². The summed E-state index contributed by atoms with van der Waals surface area (Å²) in [6.45, 7) is 6.91. The number of carbonyl (C=O) groups is 1. The molecule has 0 radical (unpaired) electrons. The fourth-order valence-electron chi connectivity index (χ4n) is 4.80. The van der Waals surface area contributed by atoms with Gasteiger partial charge < -0.3 is 9.47 Å². The highest BCUT2D eigenvalue weighted by Gasteiger charge is 2.45. The summed E-state index contributed by atoms with van der Waals surface area (Å²) in [6, 6.07) is 10.4. The molecule has 0 bridgehead atoms. The Labute approximate surface area is 162 Å². The van der Waals surface area contributed by atoms with Crippen LogP contribution in [0.3, 0.4) is 0 Å². The van der Waals surface area contributed by atoms with Crippen molar-refractivity contribution in [2.75, 3.05) is 26.2 Å². The molecule has 0 aliphatic carbocycles. The van der Waals surface area contributed by atoms with E-state index < -0.39 is 0 Å². The van der Waals surface area contributed by atoms with Crippen LogP contribution in [0.2, 0.25) is 0 Å². The molecule has 2 saturated heterocycles. The lowest BCUT2D eigenvalue weighted by Crippen LogP contribution is -2.53. The van der Waals surface area contributed by atoms with Crippen LogP contribution in [0.15, 0.2) is 42.7 Å². The first-order chi connectivity index (χ1) is 13.1. The van der Waals surface area contributed by atoms with Crippen molar-refractivity contribution < 1.29 is 4.79 Å². The Morgan fingerprint density at radius 1 is 1.19 bits per heavy atom. The van der Waals surface area contributed by atoms with Crippen LogP contribution >= 0.6 is 0 Å². The average Bonchev–Trinajstić information content (AvgIpc) is 3.11. The van der Waals surface area contributed by atoms with Gasteiger partial charge >= 0.3 is 0 Å². The van der Waals surface area contributed by atoms with E-state index in [1.54, 1.807) is 0 Å². The molecule has 1 spiro atoms. The third-order valence-corrected chi connectivity index (χ3v) is 6.56. The molecule has 1 aromatic carbocycles. The van der Waals surface area contributed by atoms with Crippen LogP contribution in [0.4, 0.5) is 0 Å². The molecular formula is C22H30N4O. The van der Waals surface area contributed by atoms with Crippen molar-refractivity contribution in [2.24, 2.45) is 12.5 Å². The van der Waals surface area contributed by atoms with E-state index in [0.29, 0.717) is 5.91 Å². The van der Waals surface area contributed by atoms with Gasteiger partial charge in [0.05, 0.1) is 12.5 Å². The van der Waals surface area contributed by atoms with Crippen molar-refractivity contribution in [3.63, 3.8) is 0 Å². The lowest BCUT2D eigenvalue weighted by atomic mass is 9.67. The van der Waals surface area contributed by atoms with Crippen molar-refractivity contribution in [1.82, 2.24) is 19.4 Å². The molecule has 0 N–H and O–H groups in total. The number of hydrogen-bond donors (Lipinski definition) is 0. The van der Waals surface area contributed by atoms with Gasteiger partial charge in [0.2, 0.25) is 5.91 Å². The molecule has 1 atom stereocenters. The van der Waals surface area contributed by atoms with Gasteiger partial charge in [-0.1, -0.05) is 30.3 Å². The molecule has 2 aliphatic rings. The van der Waals surface area contributed by atoms with E-state index in [0.717, 1.165) is 57.8 Å². The molecule has 5 nitrogen and oxygen atoms in total. The van der Waals surface area contributed by atoms with Crippen molar-refractivity contribution in [3.8, 4) is 0 Å². The number of aromatic nitrogens is 2. The van der Waals surface area contributed by atoms with Crippen LogP contribution in [0.5, 0.6) is 0 Å². The highest BCUT2D eigenvalue weighted by Crippen LogP contribution is 2.45. The van der Waals surface area contributed by atoms with E-state index in [2.05, 4.69) is 57.6 Å². The number of benzene rings is 1. The molecule has 2 aromatic rings. The van der Waals surface area contributed by atoms with Crippen molar-refractivity contribution >= 4 is 5.91 Å². The average molecular weight is 367 g/mol. The van der Waals surface area contributed by atoms with Gasteiger partial charge in [0.25, 0.3) is 0 Å². The van der Waals surface area contributed by atoms with Crippen LogP contribution < -0.4 is 0 Å². The Bertz CT molecular complexity index is 777. The number of aryl methyl sites for hydroxylation is 1. The molecule has 1 aromatic heterocycles. The normalized spacial score (nSPS) is 23.1. The van der Waals surface area contributed by atoms with Gasteiger partial charge in [-0.25, -0.2) is 4.98 Å². The van der Waals surface area contributed by atoms with E-state index in [1.807, 2.05) is 18.5 Å². The second-order valence-corrected chi connectivity index (χ2v) is 8.25. The standard InChI is InChI=1S/C22H30N4O/c1-3-26-17-22(15-19(21(26)27)18-7-5-4-6-8-18)9-12-25(13-10-22)16-20-23-11-14-24(20)2/h4-8,11,14,19H,3,9-10,12-13,15-17H2,1-2H3/t19-/m0/s1. The zero-order chi connectivity index (χ0) is 18.9. The van der Waals surface area contributed by atoms with Gasteiger partial charge in [0, 0.05) is 32.5 Å². The number of piperidine rings is 2. The minimum Gasteiger partial charge on any atom is -0.342 e. The maximum atomic E-state index is 13.0. The zero-order valence-corrected chi connectivity index (χ0v) is 16.5. The first kappa shape index (κ1) is 18.2. The molecule has 144 valence electrons. The van der Waals surface area contributed by atoms with E-state index in [4.69, 9.17) is 0 Å². The first-order valence-corrected chi connectivity index (χ1v) is 10.1. The van der Waals surface area contributed by atoms with Crippen molar-refractivity contribution in [2.45, 2.75) is 38.6 Å². The zero-order valence-electron chi connectivity index (χ0n) is 16.5. The van der Waals surface area contributed by atoms with E-state index in [1.165, 1.54) is 5.56 Å². The Kier molecular flexibility index (Phi) is 5.04. The maximum absolute atomic E-state index is 13.0. The van der Waals surface area contributed by atoms with Crippen LogP contribution in [-0.4, -0.2) is 51.4 Å². The summed E-state index contributed by atoms with van der Waals surface area (Å²) < 4.78 is 2.11. The summed E-state index contributed by atoms with van der Waals surface area (Å²) in [5.74, 6) is 1.45. The third kappa shape index (κ3) is 3.65. The van der Waals surface area contributed by atoms with E-state index in [9.17, 15) is 4.79 Å². The summed E-state index contributed by atoms with van der Waals surface area (Å²) in [5, 5.41) is 0. The molecular weight excluding hydrogens is 336 g/mol. The first-order valence-electron chi connectivity index (χ1n) is 10.1. The number of hydrogen-bond acceptors (Lipinski definition) is 3. The van der Waals surface area contributed by atoms with Crippen LogP contribution in [0.1, 0.15) is 43.5 Å². The van der Waals surface area contributed by atoms with Crippen LogP contribution in [-0.2, 0) is 18.4 Å². The minimum atomic E-state index is 0.0148. The second-order valence-electron chi connectivity index (χ2n) is 8.25. The molecule has 2 aliphatic heterocycles. The minimum absolute atomic E-state index is 0.0148. The lowest BCUT2D eigenvalue weighted by Gasteiger charge is -2.49. The van der Waals surface area contributed by atoms with Gasteiger partial charge in [0.1, 0.15) is 5.82 Å². The molecule has 2 fully saturated rings. The fraction of sp³-hybridized carbons (Fsp3) is 0.545. The van der Waals surface area contributed by atoms with Gasteiger partial charge in [-0.15, -0.1) is 0 Å². The highest BCUT2D eigenvalue weighted by atomic mass is 16.2. The molecule has 0 saturated carbocycles. The monoisotopic (exact) mass is 366 g/mol. The van der Waals surface area contributed by atoms with Crippen molar-refractivity contribution in [1.29, 1.82) is 0 Å². The van der Waals surface area contributed by atoms with E-state index in [-0.39, 0.29) is 11.3 Å². The number of likely N-dealkylation sites (N-methyl/N-ethyl adjacent to an activating group) is 1. The predicted octanol–water partition coefficient (Wildman–Crippen LogP) is 3.04. The largest absolute Gasteiger partial charge is 0.342 e. The number of carbonyl (C=O) groups excluding carboxylic acids is 1. The molecule has 1 amide bonds. The maximum Gasteiger partial charge on any atom is 0.230 e. The summed E-state index contributed by atoms with van der Waals surface area (Å²) in [4.78, 5) is 22.1. The van der Waals surface area contributed by atoms with Crippen molar-refractivity contribution in [3.05, 3.63) is 54.1 Å². The Morgan fingerprint density at radius 3 is 2.56 bits per heavy atom. The van der Waals surface area contributed by atoms with Gasteiger partial charge in [-0.2, -0.15) is 0 Å². The highest BCUT2D eigenvalue weighted by molar-refractivity contribution is 5.84. The van der Waals surface area contributed by atoms with Crippen LogP contribution in [0.25, 0.3) is 0 Å². The lowest BCUT2D eigenvalue weighted by molar-refractivity contribution is -0.141. The fourth-order valence-corrected chi connectivity index (χ4v) is 4.80. The molecule has 27 heavy (non-hydrogen) atoms. The smallest absolute Gasteiger partial charge is 0.230 e. The Hall–Kier alpha value is -2.14. The van der Waals surface area contributed by atoms with Gasteiger partial charge in [0.15, 0.2) is 0 Å². The molecule has 0 unspecified atom stereocenters. The number of amides is 1. The molecule has 4 rings (SSSR count). The third-order valence-electron chi connectivity index (χ3n) is 6.56. The summed E-state index contributed by atoms with van der Waals surface area (Å²) >= 11 is 0. The topological polar surface area (TPSA) is 41.4 Å². The SMILES string of the molecule is CCN1CC2(CCN(Cc3nccn3C)CC2)C[C@@H](c2ccccc2)C1=O. The number of nitrogens with zero attached hydrogens (tertiary/aromatic N) is 4. The Morgan fingerprint density at radius 2 is 1.93 bits per heavy atom. The summed E-state index contributed by atoms with van der Waals surface area (Å²) in [5.41, 5.74) is 1.43. The second kappa shape index (κ2) is 7.47. The quantitative estimate of drug-likeness (QED) is 0.835. The van der Waals surface area contributed by atoms with Gasteiger partial charge in [-0.3, -0.25) is 9.69 Å².